The predicted molar refractivity (Wildman–Crippen MR) is 79.8 cm³/mol. The molecule has 0 aliphatic heterocycles. The topological polar surface area (TPSA) is 29.5 Å². The van der Waals surface area contributed by atoms with Gasteiger partial charge in [-0.2, -0.15) is 0 Å². The van der Waals surface area contributed by atoms with E-state index in [0.29, 0.717) is 17.1 Å². The van der Waals surface area contributed by atoms with E-state index in [2.05, 4.69) is 0 Å². The van der Waals surface area contributed by atoms with Gasteiger partial charge in [0.05, 0.1) is 13.2 Å². The molecule has 2 nitrogen and oxygen atoms in total. The van der Waals surface area contributed by atoms with Crippen LogP contribution >= 0.6 is 11.8 Å². The summed E-state index contributed by atoms with van der Waals surface area (Å²) in [4.78, 5) is 1.06. The molecule has 1 unspecified atom stereocenters. The number of aliphatic hydroxyl groups excluding tert-OH is 1. The number of rotatable bonds is 5. The Kier molecular flexibility index (Phi) is 5.04. The Balaban J connectivity index is 2.01. The van der Waals surface area contributed by atoms with Gasteiger partial charge >= 0.3 is 0 Å². The van der Waals surface area contributed by atoms with E-state index < -0.39 is 11.9 Å². The Morgan fingerprint density at radius 3 is 2.50 bits per heavy atom. The van der Waals surface area contributed by atoms with Gasteiger partial charge in [-0.3, -0.25) is 0 Å². The number of aryl methyl sites for hydroxylation is 1. The van der Waals surface area contributed by atoms with Crippen LogP contribution < -0.4 is 4.74 Å². The second-order valence-corrected chi connectivity index (χ2v) is 5.62. The largest absolute Gasteiger partial charge is 0.497 e. The van der Waals surface area contributed by atoms with Crippen LogP contribution in [0.1, 0.15) is 17.2 Å². The third-order valence-corrected chi connectivity index (χ3v) is 4.08. The van der Waals surface area contributed by atoms with E-state index in [1.54, 1.807) is 12.1 Å². The molecule has 0 fully saturated rings. The summed E-state index contributed by atoms with van der Waals surface area (Å²) in [6.07, 6.45) is -0.841. The van der Waals surface area contributed by atoms with E-state index in [4.69, 9.17) is 4.74 Å². The molecular weight excluding hydrogens is 275 g/mol. The summed E-state index contributed by atoms with van der Waals surface area (Å²) in [5.41, 5.74) is 1.49. The third-order valence-electron chi connectivity index (χ3n) is 3.00. The molecule has 0 spiro atoms. The van der Waals surface area contributed by atoms with E-state index >= 15 is 0 Å². The molecular formula is C16H17FO2S. The van der Waals surface area contributed by atoms with Crippen LogP contribution in [0, 0.1) is 12.7 Å². The highest BCUT2D eigenvalue weighted by atomic mass is 32.2. The van der Waals surface area contributed by atoms with Gasteiger partial charge in [0.2, 0.25) is 0 Å². The number of halogens is 1. The molecule has 0 saturated carbocycles. The Morgan fingerprint density at radius 1 is 1.20 bits per heavy atom. The van der Waals surface area contributed by atoms with Crippen LogP contribution in [-0.2, 0) is 0 Å². The summed E-state index contributed by atoms with van der Waals surface area (Å²) in [7, 11) is 1.48. The first-order valence-electron chi connectivity index (χ1n) is 6.31. The van der Waals surface area contributed by atoms with Crippen LogP contribution in [0.25, 0.3) is 0 Å². The normalized spacial score (nSPS) is 12.2. The summed E-state index contributed by atoms with van der Waals surface area (Å²) in [5, 5.41) is 10.1. The first-order valence-corrected chi connectivity index (χ1v) is 7.29. The van der Waals surface area contributed by atoms with Gasteiger partial charge in [0.1, 0.15) is 11.6 Å². The molecule has 106 valence electrons. The second kappa shape index (κ2) is 6.77. The molecule has 0 amide bonds. The SMILES string of the molecule is COc1ccc(C(O)CSc2ccc(C)cc2)c(F)c1. The van der Waals surface area contributed by atoms with Gasteiger partial charge in [-0.15, -0.1) is 11.8 Å². The highest BCUT2D eigenvalue weighted by Gasteiger charge is 2.14. The van der Waals surface area contributed by atoms with E-state index in [9.17, 15) is 9.50 Å². The Bertz CT molecular complexity index is 569. The van der Waals surface area contributed by atoms with Crippen molar-refractivity contribution in [3.05, 3.63) is 59.4 Å². The Morgan fingerprint density at radius 2 is 1.90 bits per heavy atom. The van der Waals surface area contributed by atoms with Gasteiger partial charge in [-0.25, -0.2) is 4.39 Å². The fraction of sp³-hybridized carbons (Fsp3) is 0.250. The third kappa shape index (κ3) is 3.74. The van der Waals surface area contributed by atoms with Crippen molar-refractivity contribution in [3.8, 4) is 5.75 Å². The quantitative estimate of drug-likeness (QED) is 0.846. The lowest BCUT2D eigenvalue weighted by molar-refractivity contribution is 0.198. The maximum absolute atomic E-state index is 13.8. The molecule has 2 rings (SSSR count). The van der Waals surface area contributed by atoms with Gasteiger partial charge in [0, 0.05) is 22.3 Å². The minimum absolute atomic E-state index is 0.297. The number of methoxy groups -OCH3 is 1. The zero-order chi connectivity index (χ0) is 14.5. The molecule has 0 aliphatic carbocycles. The van der Waals surface area contributed by atoms with E-state index in [1.165, 1.54) is 30.5 Å². The van der Waals surface area contributed by atoms with Crippen LogP contribution in [0.3, 0.4) is 0 Å². The van der Waals surface area contributed by atoms with Crippen molar-refractivity contribution in [3.63, 3.8) is 0 Å². The number of benzene rings is 2. The average Bonchev–Trinajstić information content (AvgIpc) is 2.46. The van der Waals surface area contributed by atoms with Crippen LogP contribution in [-0.4, -0.2) is 18.0 Å². The Labute approximate surface area is 122 Å². The van der Waals surface area contributed by atoms with Crippen LogP contribution in [0.15, 0.2) is 47.4 Å². The number of aliphatic hydroxyl groups is 1. The molecule has 0 aromatic heterocycles. The van der Waals surface area contributed by atoms with Gasteiger partial charge in [0.15, 0.2) is 0 Å². The van der Waals surface area contributed by atoms with Gasteiger partial charge in [0.25, 0.3) is 0 Å². The summed E-state index contributed by atoms with van der Waals surface area (Å²) >= 11 is 1.50. The summed E-state index contributed by atoms with van der Waals surface area (Å²) in [6, 6.07) is 12.5. The number of thioether (sulfide) groups is 1. The summed E-state index contributed by atoms with van der Waals surface area (Å²) < 4.78 is 18.8. The molecule has 2 aromatic carbocycles. The maximum Gasteiger partial charge on any atom is 0.132 e. The lowest BCUT2D eigenvalue weighted by Crippen LogP contribution is -2.03. The molecule has 1 N–H and O–H groups in total. The van der Waals surface area contributed by atoms with Crippen molar-refractivity contribution in [2.24, 2.45) is 0 Å². The standard InChI is InChI=1S/C16H17FO2S/c1-11-3-6-13(7-4-11)20-10-16(18)14-8-5-12(19-2)9-15(14)17/h3-9,16,18H,10H2,1-2H3. The van der Waals surface area contributed by atoms with E-state index in [-0.39, 0.29) is 0 Å². The van der Waals surface area contributed by atoms with Crippen molar-refractivity contribution in [2.45, 2.75) is 17.9 Å². The number of ether oxygens (including phenoxy) is 1. The molecule has 20 heavy (non-hydrogen) atoms. The molecule has 0 aliphatic rings. The molecule has 0 radical (unpaired) electrons. The lowest BCUT2D eigenvalue weighted by Gasteiger charge is -2.12. The van der Waals surface area contributed by atoms with E-state index in [0.717, 1.165) is 4.90 Å². The maximum atomic E-state index is 13.8. The van der Waals surface area contributed by atoms with Gasteiger partial charge in [-0.05, 0) is 31.2 Å². The van der Waals surface area contributed by atoms with Crippen molar-refractivity contribution in [2.75, 3.05) is 12.9 Å². The van der Waals surface area contributed by atoms with Gasteiger partial charge < -0.3 is 9.84 Å². The predicted octanol–water partition coefficient (Wildman–Crippen LogP) is 3.97. The fourth-order valence-corrected chi connectivity index (χ4v) is 2.66. The highest BCUT2D eigenvalue weighted by molar-refractivity contribution is 7.99. The molecule has 2 aromatic rings. The molecule has 1 atom stereocenters. The van der Waals surface area contributed by atoms with Crippen molar-refractivity contribution in [1.29, 1.82) is 0 Å². The number of hydrogen-bond acceptors (Lipinski definition) is 3. The van der Waals surface area contributed by atoms with Gasteiger partial charge in [-0.1, -0.05) is 17.7 Å². The minimum Gasteiger partial charge on any atom is -0.497 e. The molecule has 0 saturated heterocycles. The summed E-state index contributed by atoms with van der Waals surface area (Å²) in [6.45, 7) is 2.02. The first kappa shape index (κ1) is 14.9. The zero-order valence-electron chi connectivity index (χ0n) is 11.5. The first-order chi connectivity index (χ1) is 9.60. The van der Waals surface area contributed by atoms with E-state index in [1.807, 2.05) is 31.2 Å². The smallest absolute Gasteiger partial charge is 0.132 e. The average molecular weight is 292 g/mol. The van der Waals surface area contributed by atoms with Crippen LogP contribution in [0.2, 0.25) is 0 Å². The Hall–Kier alpha value is -1.52. The number of hydrogen-bond donors (Lipinski definition) is 1. The van der Waals surface area contributed by atoms with Crippen LogP contribution in [0.4, 0.5) is 4.39 Å². The molecule has 0 heterocycles. The lowest BCUT2D eigenvalue weighted by atomic mass is 10.1. The second-order valence-electron chi connectivity index (χ2n) is 4.53. The zero-order valence-corrected chi connectivity index (χ0v) is 12.3. The molecule has 4 heteroatoms. The fourth-order valence-electron chi connectivity index (χ4n) is 1.80. The monoisotopic (exact) mass is 292 g/mol. The van der Waals surface area contributed by atoms with Crippen LogP contribution in [0.5, 0.6) is 5.75 Å². The van der Waals surface area contributed by atoms with Crippen molar-refractivity contribution >= 4 is 11.8 Å². The summed E-state index contributed by atoms with van der Waals surface area (Å²) in [5.74, 6) is 0.415. The van der Waals surface area contributed by atoms with Crippen molar-refractivity contribution < 1.29 is 14.2 Å². The minimum atomic E-state index is -0.841. The molecule has 0 bridgehead atoms. The highest BCUT2D eigenvalue weighted by Crippen LogP contribution is 2.27. The van der Waals surface area contributed by atoms with Crippen molar-refractivity contribution in [1.82, 2.24) is 0 Å².